The second-order valence-electron chi connectivity index (χ2n) is 18.5. The second kappa shape index (κ2) is 21.7. The van der Waals surface area contributed by atoms with Gasteiger partial charge in [0.1, 0.15) is 0 Å². The number of ether oxygens (including phenoxy) is 4. The van der Waals surface area contributed by atoms with Crippen molar-refractivity contribution in [2.45, 2.75) is 119 Å². The Kier molecular flexibility index (Phi) is 15.6. The van der Waals surface area contributed by atoms with Gasteiger partial charge in [0.05, 0.1) is 0 Å². The second-order valence-corrected chi connectivity index (χ2v) is 32.5. The number of unbranched alkanes of at least 4 members (excludes halogenated alkanes) is 3. The molecule has 0 unspecified atom stereocenters. The van der Waals surface area contributed by atoms with Crippen molar-refractivity contribution in [3.8, 4) is 0 Å². The topological polar surface area (TPSA) is 71.1 Å². The van der Waals surface area contributed by atoms with Crippen molar-refractivity contribution in [2.75, 3.05) is 0 Å². The van der Waals surface area contributed by atoms with Crippen molar-refractivity contribution in [2.24, 2.45) is 5.92 Å². The molecule has 0 bridgehead atoms. The molecule has 0 N–H and O–H groups in total. The molecule has 0 amide bonds. The first-order valence-electron chi connectivity index (χ1n) is 24.5. The summed E-state index contributed by atoms with van der Waals surface area (Å²) in [6.07, 6.45) is 4.99. The van der Waals surface area contributed by atoms with Crippen molar-refractivity contribution in [1.29, 1.82) is 0 Å². The van der Waals surface area contributed by atoms with Crippen LogP contribution < -0.4 is 0 Å². The molecule has 2 fully saturated rings. The molecule has 2 heterocycles. The number of hydrogen-bond acceptors (Lipinski definition) is 6. The molecule has 2 aliphatic rings. The van der Waals surface area contributed by atoms with Crippen molar-refractivity contribution in [3.63, 3.8) is 0 Å². The summed E-state index contributed by atoms with van der Waals surface area (Å²) in [5.74, 6) is -2.77. The quantitative estimate of drug-likeness (QED) is 0.0670. The zero-order valence-corrected chi connectivity index (χ0v) is 41.8. The van der Waals surface area contributed by atoms with E-state index in [2.05, 4.69) is 20.8 Å². The van der Waals surface area contributed by atoms with Crippen LogP contribution in [0.4, 0.5) is 0 Å². The van der Waals surface area contributed by atoms with Crippen LogP contribution in [0.2, 0.25) is 17.7 Å². The summed E-state index contributed by atoms with van der Waals surface area (Å²) in [6.45, 7) is 6.83. The third kappa shape index (κ3) is 9.56. The van der Waals surface area contributed by atoms with Gasteiger partial charge in [0, 0.05) is 0 Å². The Morgan fingerprint density at radius 3 is 1.11 bits per heavy atom. The molecular formula is C59H66O6Sn. The molecule has 0 saturated carbocycles. The van der Waals surface area contributed by atoms with Gasteiger partial charge in [0.15, 0.2) is 0 Å². The monoisotopic (exact) mass is 990 g/mol. The first kappa shape index (κ1) is 47.5. The SMILES string of the molecule is CCC[CH2][Sn]([CH2]CCC)([CH2]CCC)[CH2][C@H]1CCC(=O)OC(c2ccccc2)(c2ccccc2)[C@@H]2OC(c3ccccc3)(c3ccccc3)O[C@H]2C(c2ccccc2)(c2ccccc2)OC1=O. The number of rotatable bonds is 17. The van der Waals surface area contributed by atoms with E-state index in [9.17, 15) is 0 Å². The minimum atomic E-state index is -3.09. The fourth-order valence-corrected chi connectivity index (χ4v) is 28.2. The van der Waals surface area contributed by atoms with Gasteiger partial charge in [-0.15, -0.1) is 0 Å². The van der Waals surface area contributed by atoms with E-state index in [1.807, 2.05) is 182 Å². The summed E-state index contributed by atoms with van der Waals surface area (Å²) < 4.78 is 35.2. The number of cyclic esters (lactones) is 2. The van der Waals surface area contributed by atoms with E-state index >= 15 is 9.59 Å². The van der Waals surface area contributed by atoms with Gasteiger partial charge in [-0.05, 0) is 0 Å². The van der Waals surface area contributed by atoms with E-state index < -0.39 is 59.5 Å². The summed E-state index contributed by atoms with van der Waals surface area (Å²) in [7, 11) is 0. The van der Waals surface area contributed by atoms with Gasteiger partial charge in [-0.3, -0.25) is 0 Å². The number of fused-ring (bicyclic) bond motifs is 1. The normalized spacial score (nSPS) is 20.3. The fourth-order valence-electron chi connectivity index (χ4n) is 10.9. The van der Waals surface area contributed by atoms with Crippen LogP contribution in [0, 0.1) is 5.92 Å². The van der Waals surface area contributed by atoms with Crippen molar-refractivity contribution in [3.05, 3.63) is 215 Å². The van der Waals surface area contributed by atoms with Crippen LogP contribution in [0.1, 0.15) is 106 Å². The molecular weight excluding hydrogens is 923 g/mol. The van der Waals surface area contributed by atoms with Crippen molar-refractivity contribution in [1.82, 2.24) is 0 Å². The van der Waals surface area contributed by atoms with Crippen LogP contribution in [0.25, 0.3) is 0 Å². The zero-order valence-electron chi connectivity index (χ0n) is 39.0. The average molecular weight is 990 g/mol. The standard InChI is InChI=1S/C47H39O6.3C4H9.Sn/c1-34-32-33-41(48)50-45(35-20-8-2-9-21-35,36-22-10-3-11-23-36)42-43(52-47(51-42,39-28-16-6-17-29-39)40-30-18-7-19-31-40)46(53-44(34)49,37-24-12-4-13-25-37)38-26-14-5-15-27-38;3*1-3-4-2;/h2-31,34,42-43H,1,32-33H2;3*1,3-4H2,2H3;/t34-,42+,43+;;;;/m0..../s1. The van der Waals surface area contributed by atoms with Crippen LogP contribution in [0.5, 0.6) is 0 Å². The summed E-state index contributed by atoms with van der Waals surface area (Å²) in [6, 6.07) is 59.8. The molecule has 342 valence electrons. The van der Waals surface area contributed by atoms with Gasteiger partial charge in [-0.25, -0.2) is 0 Å². The molecule has 0 aromatic heterocycles. The van der Waals surface area contributed by atoms with E-state index in [1.54, 1.807) is 0 Å². The Hall–Kier alpha value is -5.02. The minimum absolute atomic E-state index is 0.0445. The molecule has 6 aromatic rings. The maximum absolute atomic E-state index is 16.1. The van der Waals surface area contributed by atoms with Gasteiger partial charge in [0.25, 0.3) is 0 Å². The first-order valence-corrected chi connectivity index (χ1v) is 32.5. The van der Waals surface area contributed by atoms with Gasteiger partial charge in [-0.1, -0.05) is 0 Å². The molecule has 6 aromatic carbocycles. The third-order valence-corrected chi connectivity index (χ3v) is 30.2. The number of carbonyl (C=O) groups is 2. The van der Waals surface area contributed by atoms with E-state index in [0.717, 1.165) is 65.2 Å². The number of carbonyl (C=O) groups excluding carboxylic acids is 2. The molecule has 66 heavy (non-hydrogen) atoms. The van der Waals surface area contributed by atoms with Crippen LogP contribution in [0.15, 0.2) is 182 Å². The van der Waals surface area contributed by atoms with Gasteiger partial charge in [0.2, 0.25) is 0 Å². The Bertz CT molecular complexity index is 2290. The van der Waals surface area contributed by atoms with Gasteiger partial charge >= 0.3 is 399 Å². The summed E-state index contributed by atoms with van der Waals surface area (Å²) in [5, 5.41) is 0. The maximum atomic E-state index is 16.1. The van der Waals surface area contributed by atoms with E-state index in [-0.39, 0.29) is 12.4 Å². The summed E-state index contributed by atoms with van der Waals surface area (Å²) in [4.78, 5) is 31.3. The van der Waals surface area contributed by atoms with Crippen LogP contribution >= 0.6 is 0 Å². The van der Waals surface area contributed by atoms with Crippen LogP contribution in [-0.2, 0) is 45.5 Å². The predicted octanol–water partition coefficient (Wildman–Crippen LogP) is 13.9. The van der Waals surface area contributed by atoms with Crippen LogP contribution in [-0.4, -0.2) is 42.5 Å². The van der Waals surface area contributed by atoms with E-state index in [4.69, 9.17) is 18.9 Å². The molecule has 7 heteroatoms. The Labute approximate surface area is 396 Å². The molecule has 0 radical (unpaired) electrons. The molecule has 2 aliphatic heterocycles. The van der Waals surface area contributed by atoms with E-state index in [1.165, 1.54) is 13.3 Å². The molecule has 0 spiro atoms. The molecule has 6 nitrogen and oxygen atoms in total. The van der Waals surface area contributed by atoms with Gasteiger partial charge in [-0.2, -0.15) is 0 Å². The molecule has 3 atom stereocenters. The fraction of sp³-hybridized carbons (Fsp3) is 0.356. The van der Waals surface area contributed by atoms with Crippen LogP contribution in [0.3, 0.4) is 0 Å². The predicted molar refractivity (Wildman–Crippen MR) is 265 cm³/mol. The Morgan fingerprint density at radius 2 is 0.773 bits per heavy atom. The number of esters is 2. The van der Waals surface area contributed by atoms with Crippen molar-refractivity contribution >= 4 is 30.3 Å². The average Bonchev–Trinajstić information content (AvgIpc) is 3.80. The molecule has 0 aliphatic carbocycles. The van der Waals surface area contributed by atoms with Gasteiger partial charge < -0.3 is 0 Å². The Balaban J connectivity index is 1.47. The zero-order chi connectivity index (χ0) is 45.9. The number of hydrogen-bond donors (Lipinski definition) is 0. The molecule has 8 rings (SSSR count). The first-order chi connectivity index (χ1) is 32.3. The summed E-state index contributed by atoms with van der Waals surface area (Å²) >= 11 is -3.09. The Morgan fingerprint density at radius 1 is 0.455 bits per heavy atom. The van der Waals surface area contributed by atoms with Crippen molar-refractivity contribution < 1.29 is 28.5 Å². The van der Waals surface area contributed by atoms with E-state index in [0.29, 0.717) is 17.5 Å². The summed E-state index contributed by atoms with van der Waals surface area (Å²) in [5.41, 5.74) is 1.17. The molecule has 2 saturated heterocycles. The third-order valence-electron chi connectivity index (χ3n) is 14.2. The number of benzene rings is 6.